The number of benzene rings is 10. The Morgan fingerprint density at radius 1 is 0.291 bits per heavy atom. The second-order valence-corrected chi connectivity index (χ2v) is 19.3. The van der Waals surface area contributed by atoms with Gasteiger partial charge in [-0.2, -0.15) is 0 Å². The Hall–Kier alpha value is -9.57. The van der Waals surface area contributed by atoms with Gasteiger partial charge in [0.1, 0.15) is 23.7 Å². The minimum Gasteiger partial charge on any atom is -0.431 e. The van der Waals surface area contributed by atoms with Gasteiger partial charge < -0.3 is 37.7 Å². The van der Waals surface area contributed by atoms with Gasteiger partial charge in [-0.15, -0.1) is 0 Å². The fourth-order valence-electron chi connectivity index (χ4n) is 9.64. The van der Waals surface area contributed by atoms with E-state index in [1.807, 2.05) is 229 Å². The lowest BCUT2D eigenvalue weighted by atomic mass is 10.1. The van der Waals surface area contributed by atoms with Crippen LogP contribution in [0.25, 0.3) is 44.3 Å². The zero-order chi connectivity index (χ0) is 53.5. The van der Waals surface area contributed by atoms with E-state index in [1.165, 1.54) is 0 Å². The summed E-state index contributed by atoms with van der Waals surface area (Å²) in [5.74, 6) is 0.958. The van der Waals surface area contributed by atoms with Crippen LogP contribution in [0.15, 0.2) is 297 Å². The maximum atomic E-state index is 7.37. The van der Waals surface area contributed by atoms with Crippen LogP contribution in [0.2, 0.25) is 15.1 Å². The van der Waals surface area contributed by atoms with E-state index in [9.17, 15) is 0 Å². The molecule has 0 aliphatic heterocycles. The zero-order valence-corrected chi connectivity index (χ0v) is 44.4. The van der Waals surface area contributed by atoms with E-state index >= 15 is 0 Å². The van der Waals surface area contributed by atoms with E-state index in [0.717, 1.165) is 95.3 Å². The molecule has 1 N–H and O–H groups in total. The van der Waals surface area contributed by atoms with Crippen molar-refractivity contribution in [3.8, 4) is 0 Å². The SMILES string of the molecule is Clc1c(N(c2ccccc2)c2ccccc2)cccc1N(c1ccccc1)c1coc2oc3ccccc3c12.Clc1cccc(N(c2ccccc2)c2coc3oc4ccccc4c23)c1Cl.c1ccc(Nc2ccccc2)cc1. The van der Waals surface area contributed by atoms with E-state index < -0.39 is 0 Å². The van der Waals surface area contributed by atoms with E-state index in [1.54, 1.807) is 18.6 Å². The molecule has 0 bridgehead atoms. The van der Waals surface area contributed by atoms with Crippen LogP contribution in [0.5, 0.6) is 0 Å². The fraction of sp³-hybridized carbons (Fsp3) is 0. The van der Waals surface area contributed by atoms with Crippen molar-refractivity contribution in [2.75, 3.05) is 20.0 Å². The molecule has 0 saturated heterocycles. The summed E-state index contributed by atoms with van der Waals surface area (Å²) in [6.07, 6.45) is 3.42. The van der Waals surface area contributed by atoms with Crippen molar-refractivity contribution in [1.82, 2.24) is 0 Å². The molecule has 79 heavy (non-hydrogen) atoms. The van der Waals surface area contributed by atoms with Crippen LogP contribution in [0.3, 0.4) is 0 Å². The van der Waals surface area contributed by atoms with Crippen LogP contribution in [-0.2, 0) is 0 Å². The van der Waals surface area contributed by atoms with Crippen LogP contribution < -0.4 is 20.0 Å². The molecule has 0 radical (unpaired) electrons. The third-order valence-electron chi connectivity index (χ3n) is 13.2. The number of rotatable bonds is 11. The molecule has 0 saturated carbocycles. The molecule has 8 nitrogen and oxygen atoms in total. The smallest absolute Gasteiger partial charge is 0.300 e. The summed E-state index contributed by atoms with van der Waals surface area (Å²) in [6, 6.07) is 88.5. The predicted molar refractivity (Wildman–Crippen MR) is 327 cm³/mol. The molecule has 0 amide bonds. The van der Waals surface area contributed by atoms with Gasteiger partial charge >= 0.3 is 0 Å². The van der Waals surface area contributed by atoms with Gasteiger partial charge in [-0.1, -0.05) is 193 Å². The number of halogens is 3. The second kappa shape index (κ2) is 23.0. The van der Waals surface area contributed by atoms with Gasteiger partial charge in [-0.05, 0) is 109 Å². The average molecular weight is 1090 g/mol. The highest BCUT2D eigenvalue weighted by Crippen LogP contribution is 2.50. The normalized spacial score (nSPS) is 11.0. The predicted octanol–water partition coefficient (Wildman–Crippen LogP) is 22.2. The number of nitrogens with zero attached hydrogens (tertiary/aromatic N) is 3. The van der Waals surface area contributed by atoms with E-state index in [-0.39, 0.29) is 0 Å². The Kier molecular flexibility index (Phi) is 14.6. The Morgan fingerprint density at radius 2 is 0.620 bits per heavy atom. The summed E-state index contributed by atoms with van der Waals surface area (Å²) in [5.41, 5.74) is 11.9. The van der Waals surface area contributed by atoms with Crippen molar-refractivity contribution in [2.45, 2.75) is 0 Å². The molecule has 0 atom stereocenters. The topological polar surface area (TPSA) is 74.3 Å². The summed E-state index contributed by atoms with van der Waals surface area (Å²) in [5, 5.41) is 8.64. The first-order chi connectivity index (χ1) is 39.0. The first kappa shape index (κ1) is 50.3. The average Bonchev–Trinajstić information content (AvgIpc) is 4.50. The Labute approximate surface area is 471 Å². The minimum absolute atomic E-state index is 0.477. The van der Waals surface area contributed by atoms with Crippen molar-refractivity contribution >= 4 is 142 Å². The number of anilines is 11. The molecule has 4 aromatic heterocycles. The molecule has 14 rings (SSSR count). The number of hydrogen-bond acceptors (Lipinski definition) is 8. The molecular weight excluding hydrogens is 1040 g/mol. The molecule has 0 aliphatic rings. The van der Waals surface area contributed by atoms with Crippen LogP contribution in [0.4, 0.5) is 62.6 Å². The monoisotopic (exact) mass is 1090 g/mol. The zero-order valence-electron chi connectivity index (χ0n) is 42.2. The molecule has 0 unspecified atom stereocenters. The lowest BCUT2D eigenvalue weighted by molar-refractivity contribution is 0.498. The van der Waals surface area contributed by atoms with Gasteiger partial charge in [0.05, 0.1) is 54.3 Å². The number of nitrogens with one attached hydrogen (secondary N) is 1. The van der Waals surface area contributed by atoms with Gasteiger partial charge in [0.25, 0.3) is 11.6 Å². The third-order valence-corrected chi connectivity index (χ3v) is 14.4. The largest absolute Gasteiger partial charge is 0.431 e. The van der Waals surface area contributed by atoms with Crippen molar-refractivity contribution in [2.24, 2.45) is 0 Å². The molecule has 0 aliphatic carbocycles. The van der Waals surface area contributed by atoms with Crippen LogP contribution in [0.1, 0.15) is 0 Å². The number of para-hydroxylation sites is 8. The molecule has 384 valence electrons. The first-order valence-electron chi connectivity index (χ1n) is 25.5. The molecule has 14 aromatic rings. The lowest BCUT2D eigenvalue weighted by Crippen LogP contribution is -2.14. The van der Waals surface area contributed by atoms with Gasteiger partial charge in [-0.25, -0.2) is 0 Å². The van der Waals surface area contributed by atoms with Gasteiger partial charge in [-0.3, -0.25) is 0 Å². The highest BCUT2D eigenvalue weighted by molar-refractivity contribution is 6.44. The highest BCUT2D eigenvalue weighted by Gasteiger charge is 2.27. The standard InChI is InChI=1S/C34H23ClN2O2.C22H13Cl2NO2.C12H11N/c35-33-28(36(24-13-4-1-5-14-24)25-15-6-2-7-16-25)20-12-21-29(33)37(26-17-8-3-9-18-26)30-23-38-34-32(30)27-19-10-11-22-31(27)39-34;23-16-10-6-11-17(21(16)24)25(14-7-2-1-3-8-14)18-13-26-22-20(18)15-9-4-5-12-19(15)27-22;1-3-7-11(8-4-1)13-12-9-5-2-6-10-12/h1-23H;1-13H;1-10,13H. The van der Waals surface area contributed by atoms with Crippen LogP contribution in [-0.4, -0.2) is 0 Å². The summed E-state index contributed by atoms with van der Waals surface area (Å²) >= 11 is 20.2. The summed E-state index contributed by atoms with van der Waals surface area (Å²) in [6.45, 7) is 0. The van der Waals surface area contributed by atoms with Crippen LogP contribution >= 0.6 is 34.8 Å². The van der Waals surface area contributed by atoms with Crippen molar-refractivity contribution in [3.05, 3.63) is 295 Å². The molecular formula is C68H47Cl3N4O4. The summed E-state index contributed by atoms with van der Waals surface area (Å²) in [4.78, 5) is 6.34. The Bertz CT molecular complexity index is 4210. The molecule has 0 spiro atoms. The minimum atomic E-state index is 0.477. The van der Waals surface area contributed by atoms with Gasteiger partial charge in [0, 0.05) is 44.9 Å². The first-order valence-corrected chi connectivity index (χ1v) is 26.6. The maximum Gasteiger partial charge on any atom is 0.300 e. The van der Waals surface area contributed by atoms with E-state index in [0.29, 0.717) is 26.6 Å². The van der Waals surface area contributed by atoms with Crippen molar-refractivity contribution in [3.63, 3.8) is 0 Å². The maximum absolute atomic E-state index is 7.37. The molecule has 4 heterocycles. The number of fused-ring (bicyclic) bond motifs is 6. The lowest BCUT2D eigenvalue weighted by Gasteiger charge is -2.30. The van der Waals surface area contributed by atoms with Gasteiger partial charge in [0.2, 0.25) is 0 Å². The van der Waals surface area contributed by atoms with Crippen LogP contribution in [0, 0.1) is 0 Å². The summed E-state index contributed by atoms with van der Waals surface area (Å²) in [7, 11) is 0. The molecule has 0 fully saturated rings. The Morgan fingerprint density at radius 3 is 1.04 bits per heavy atom. The highest BCUT2D eigenvalue weighted by atomic mass is 35.5. The second-order valence-electron chi connectivity index (χ2n) is 18.2. The quantitative estimate of drug-likeness (QED) is 0.137. The number of furan rings is 4. The molecule has 11 heteroatoms. The molecule has 10 aromatic carbocycles. The van der Waals surface area contributed by atoms with E-state index in [4.69, 9.17) is 52.5 Å². The van der Waals surface area contributed by atoms with Crippen molar-refractivity contribution < 1.29 is 17.7 Å². The summed E-state index contributed by atoms with van der Waals surface area (Å²) < 4.78 is 23.6. The van der Waals surface area contributed by atoms with Crippen molar-refractivity contribution in [1.29, 1.82) is 0 Å². The third kappa shape index (κ3) is 10.4. The fourth-order valence-corrected chi connectivity index (χ4v) is 10.3. The number of hydrogen-bond donors (Lipinski definition) is 1. The Balaban J connectivity index is 0.000000134. The van der Waals surface area contributed by atoms with E-state index in [2.05, 4.69) is 51.5 Å². The van der Waals surface area contributed by atoms with Gasteiger partial charge in [0.15, 0.2) is 0 Å².